The van der Waals surface area contributed by atoms with Crippen molar-refractivity contribution in [3.8, 4) is 0 Å². The molecule has 0 aromatic heterocycles. The Labute approximate surface area is 117 Å². The number of amides is 2. The van der Waals surface area contributed by atoms with Gasteiger partial charge in [0.25, 0.3) is 5.91 Å². The van der Waals surface area contributed by atoms with E-state index in [2.05, 4.69) is 10.6 Å². The van der Waals surface area contributed by atoms with Gasteiger partial charge in [-0.1, -0.05) is 13.0 Å². The largest absolute Gasteiger partial charge is 0.478 e. The lowest BCUT2D eigenvalue weighted by atomic mass is 10.1. The van der Waals surface area contributed by atoms with Crippen molar-refractivity contribution in [2.45, 2.75) is 19.8 Å². The molecule has 0 bridgehead atoms. The molecule has 0 unspecified atom stereocenters. The Hall–Kier alpha value is -2.37. The summed E-state index contributed by atoms with van der Waals surface area (Å²) in [6.07, 6.45) is 1.06. The third-order valence-electron chi connectivity index (χ3n) is 2.58. The van der Waals surface area contributed by atoms with Gasteiger partial charge in [-0.25, -0.2) is 4.79 Å². The van der Waals surface area contributed by atoms with E-state index in [1.54, 1.807) is 0 Å². The number of carbonyl (C=O) groups is 3. The van der Waals surface area contributed by atoms with E-state index in [1.807, 2.05) is 6.92 Å². The quantitative estimate of drug-likeness (QED) is 0.694. The highest BCUT2D eigenvalue weighted by Crippen LogP contribution is 2.05. The van der Waals surface area contributed by atoms with E-state index >= 15 is 0 Å². The molecule has 3 N–H and O–H groups in total. The summed E-state index contributed by atoms with van der Waals surface area (Å²) >= 11 is 0. The Morgan fingerprint density at radius 3 is 2.45 bits per heavy atom. The molecule has 20 heavy (non-hydrogen) atoms. The van der Waals surface area contributed by atoms with Gasteiger partial charge in [-0.3, -0.25) is 9.59 Å². The Balaban J connectivity index is 2.45. The van der Waals surface area contributed by atoms with Gasteiger partial charge in [-0.05, 0) is 24.6 Å². The summed E-state index contributed by atoms with van der Waals surface area (Å²) < 4.78 is 0. The topological polar surface area (TPSA) is 95.5 Å². The van der Waals surface area contributed by atoms with Gasteiger partial charge in [0, 0.05) is 25.1 Å². The van der Waals surface area contributed by atoms with Crippen LogP contribution in [0.4, 0.5) is 0 Å². The predicted molar refractivity (Wildman–Crippen MR) is 73.7 cm³/mol. The van der Waals surface area contributed by atoms with Crippen LogP contribution in [0.2, 0.25) is 0 Å². The van der Waals surface area contributed by atoms with Crippen LogP contribution in [0.5, 0.6) is 0 Å². The number of hydrogen-bond donors (Lipinski definition) is 3. The van der Waals surface area contributed by atoms with E-state index in [1.165, 1.54) is 24.3 Å². The average molecular weight is 278 g/mol. The molecule has 0 heterocycles. The van der Waals surface area contributed by atoms with Crippen molar-refractivity contribution in [3.05, 3.63) is 35.4 Å². The van der Waals surface area contributed by atoms with Crippen LogP contribution in [0.25, 0.3) is 0 Å². The molecule has 6 heteroatoms. The first kappa shape index (κ1) is 15.7. The monoisotopic (exact) mass is 278 g/mol. The molecule has 0 radical (unpaired) electrons. The summed E-state index contributed by atoms with van der Waals surface area (Å²) in [6, 6.07) is 5.75. The Morgan fingerprint density at radius 2 is 1.80 bits per heavy atom. The Bertz CT molecular complexity index is 500. The molecule has 6 nitrogen and oxygen atoms in total. The van der Waals surface area contributed by atoms with Gasteiger partial charge >= 0.3 is 5.97 Å². The SMILES string of the molecule is CCCNC(=O)CCNC(=O)c1cccc(C(=O)O)c1. The molecule has 1 aromatic carbocycles. The van der Waals surface area contributed by atoms with Gasteiger partial charge in [0.1, 0.15) is 0 Å². The number of benzene rings is 1. The zero-order valence-corrected chi connectivity index (χ0v) is 11.3. The van der Waals surface area contributed by atoms with Gasteiger partial charge in [0.05, 0.1) is 5.56 Å². The third kappa shape index (κ3) is 5.09. The molecule has 0 aliphatic carbocycles. The molecule has 0 spiro atoms. The van der Waals surface area contributed by atoms with Gasteiger partial charge in [-0.2, -0.15) is 0 Å². The van der Waals surface area contributed by atoms with Gasteiger partial charge in [0.15, 0.2) is 0 Å². The standard InChI is InChI=1S/C14H18N2O4/c1-2-7-15-12(17)6-8-16-13(18)10-4-3-5-11(9-10)14(19)20/h3-5,9H,2,6-8H2,1H3,(H,15,17)(H,16,18)(H,19,20). The maximum atomic E-state index is 11.8. The van der Waals surface area contributed by atoms with E-state index in [-0.39, 0.29) is 30.0 Å². The van der Waals surface area contributed by atoms with E-state index in [0.29, 0.717) is 6.54 Å². The number of nitrogens with one attached hydrogen (secondary N) is 2. The molecule has 0 fully saturated rings. The van der Waals surface area contributed by atoms with Crippen molar-refractivity contribution in [1.29, 1.82) is 0 Å². The number of aromatic carboxylic acids is 1. The van der Waals surface area contributed by atoms with Crippen LogP contribution < -0.4 is 10.6 Å². The van der Waals surface area contributed by atoms with Crippen LogP contribution in [0.1, 0.15) is 40.5 Å². The molecule has 0 saturated heterocycles. The highest BCUT2D eigenvalue weighted by molar-refractivity contribution is 5.97. The first-order valence-electron chi connectivity index (χ1n) is 6.43. The van der Waals surface area contributed by atoms with Crippen LogP contribution in [-0.4, -0.2) is 36.0 Å². The van der Waals surface area contributed by atoms with Crippen LogP contribution in [0, 0.1) is 0 Å². The lowest BCUT2D eigenvalue weighted by molar-refractivity contribution is -0.120. The summed E-state index contributed by atoms with van der Waals surface area (Å²) in [4.78, 5) is 33.9. The van der Waals surface area contributed by atoms with Crippen LogP contribution in [-0.2, 0) is 4.79 Å². The minimum atomic E-state index is -1.08. The summed E-state index contributed by atoms with van der Waals surface area (Å²) in [5.74, 6) is -1.60. The number of carbonyl (C=O) groups excluding carboxylic acids is 2. The zero-order valence-electron chi connectivity index (χ0n) is 11.3. The lowest BCUT2D eigenvalue weighted by Crippen LogP contribution is -2.31. The molecular weight excluding hydrogens is 260 g/mol. The fraction of sp³-hybridized carbons (Fsp3) is 0.357. The van der Waals surface area contributed by atoms with E-state index in [0.717, 1.165) is 6.42 Å². The van der Waals surface area contributed by atoms with Gasteiger partial charge in [0.2, 0.25) is 5.91 Å². The normalized spacial score (nSPS) is 9.85. The minimum absolute atomic E-state index is 0.0540. The summed E-state index contributed by atoms with van der Waals surface area (Å²) in [6.45, 7) is 2.79. The second-order valence-electron chi connectivity index (χ2n) is 4.24. The highest BCUT2D eigenvalue weighted by atomic mass is 16.4. The molecule has 0 aliphatic heterocycles. The lowest BCUT2D eigenvalue weighted by Gasteiger charge is -2.06. The van der Waals surface area contributed by atoms with Crippen molar-refractivity contribution in [2.75, 3.05) is 13.1 Å². The van der Waals surface area contributed by atoms with E-state index in [9.17, 15) is 14.4 Å². The van der Waals surface area contributed by atoms with Crippen molar-refractivity contribution in [1.82, 2.24) is 10.6 Å². The summed E-state index contributed by atoms with van der Waals surface area (Å²) in [5.41, 5.74) is 0.317. The molecule has 0 saturated carbocycles. The fourth-order valence-corrected chi connectivity index (χ4v) is 1.54. The number of carboxylic acids is 1. The predicted octanol–water partition coefficient (Wildman–Crippen LogP) is 1.03. The molecule has 108 valence electrons. The molecule has 2 amide bonds. The number of carboxylic acid groups (broad SMARTS) is 1. The minimum Gasteiger partial charge on any atom is -0.478 e. The summed E-state index contributed by atoms with van der Waals surface area (Å²) in [5, 5.41) is 14.1. The average Bonchev–Trinajstić information content (AvgIpc) is 2.45. The molecule has 0 atom stereocenters. The van der Waals surface area contributed by atoms with Crippen molar-refractivity contribution in [3.63, 3.8) is 0 Å². The molecule has 1 rings (SSSR count). The van der Waals surface area contributed by atoms with Gasteiger partial charge in [-0.15, -0.1) is 0 Å². The van der Waals surface area contributed by atoms with Crippen molar-refractivity contribution >= 4 is 17.8 Å². The molecule has 1 aromatic rings. The first-order chi connectivity index (χ1) is 9.54. The third-order valence-corrected chi connectivity index (χ3v) is 2.58. The highest BCUT2D eigenvalue weighted by Gasteiger charge is 2.09. The molecular formula is C14H18N2O4. The van der Waals surface area contributed by atoms with Crippen LogP contribution in [0.3, 0.4) is 0 Å². The zero-order chi connectivity index (χ0) is 15.0. The van der Waals surface area contributed by atoms with Gasteiger partial charge < -0.3 is 15.7 Å². The van der Waals surface area contributed by atoms with Crippen LogP contribution >= 0.6 is 0 Å². The maximum absolute atomic E-state index is 11.8. The van der Waals surface area contributed by atoms with Crippen LogP contribution in [0.15, 0.2) is 24.3 Å². The van der Waals surface area contributed by atoms with E-state index in [4.69, 9.17) is 5.11 Å². The second kappa shape index (κ2) is 7.93. The fourth-order valence-electron chi connectivity index (χ4n) is 1.54. The number of rotatable bonds is 7. The number of hydrogen-bond acceptors (Lipinski definition) is 3. The molecule has 0 aliphatic rings. The van der Waals surface area contributed by atoms with E-state index < -0.39 is 11.9 Å². The second-order valence-corrected chi connectivity index (χ2v) is 4.24. The maximum Gasteiger partial charge on any atom is 0.335 e. The van der Waals surface area contributed by atoms with Crippen molar-refractivity contribution in [2.24, 2.45) is 0 Å². The Morgan fingerprint density at radius 1 is 1.10 bits per heavy atom. The summed E-state index contributed by atoms with van der Waals surface area (Å²) in [7, 11) is 0. The Kier molecular flexibility index (Phi) is 6.22. The smallest absolute Gasteiger partial charge is 0.335 e. The van der Waals surface area contributed by atoms with Crippen molar-refractivity contribution < 1.29 is 19.5 Å². The first-order valence-corrected chi connectivity index (χ1v) is 6.43.